The number of carbonyl (C=O) groups is 2. The van der Waals surface area contributed by atoms with Crippen LogP contribution in [0.1, 0.15) is 45.7 Å². The van der Waals surface area contributed by atoms with Gasteiger partial charge in [-0.25, -0.2) is 12.8 Å². The highest BCUT2D eigenvalue weighted by Gasteiger charge is 2.36. The van der Waals surface area contributed by atoms with E-state index in [9.17, 15) is 27.5 Å². The van der Waals surface area contributed by atoms with Crippen molar-refractivity contribution in [2.24, 2.45) is 11.3 Å². The van der Waals surface area contributed by atoms with Crippen LogP contribution in [0, 0.1) is 17.2 Å². The van der Waals surface area contributed by atoms with Crippen molar-refractivity contribution in [1.82, 2.24) is 20.3 Å². The van der Waals surface area contributed by atoms with Gasteiger partial charge in [-0.3, -0.25) is 9.59 Å². The first-order chi connectivity index (χ1) is 19.1. The van der Waals surface area contributed by atoms with Crippen molar-refractivity contribution < 1.29 is 27.5 Å². The molecule has 41 heavy (non-hydrogen) atoms. The van der Waals surface area contributed by atoms with E-state index in [1.54, 1.807) is 39.0 Å². The van der Waals surface area contributed by atoms with Crippen LogP contribution in [0.25, 0.3) is 0 Å². The molecule has 0 radical (unpaired) electrons. The molecule has 0 saturated carbocycles. The normalized spacial score (nSPS) is 14.5. The van der Waals surface area contributed by atoms with Gasteiger partial charge >= 0.3 is 0 Å². The van der Waals surface area contributed by atoms with E-state index in [-0.39, 0.29) is 44.3 Å². The van der Waals surface area contributed by atoms with Crippen molar-refractivity contribution in [3.8, 4) is 0 Å². The highest BCUT2D eigenvalue weighted by molar-refractivity contribution is 7.88. The van der Waals surface area contributed by atoms with Crippen LogP contribution < -0.4 is 16.0 Å². The van der Waals surface area contributed by atoms with Crippen LogP contribution in [0.5, 0.6) is 0 Å². The first-order valence-corrected chi connectivity index (χ1v) is 15.6. The smallest absolute Gasteiger partial charge is 0.243 e. The molecule has 2 aromatic rings. The number of hydrogen-bond donors (Lipinski definition) is 4. The molecule has 2 unspecified atom stereocenters. The lowest BCUT2D eigenvalue weighted by atomic mass is 9.85. The first kappa shape index (κ1) is 34.3. The number of benzene rings is 2. The summed E-state index contributed by atoms with van der Waals surface area (Å²) in [5, 5.41) is 19.8. The number of nitrogens with zero attached hydrogens (tertiary/aromatic N) is 1. The summed E-state index contributed by atoms with van der Waals surface area (Å²) in [6, 6.07) is 13.7. The SMILES string of the molecule is CC(C)CN(CC(O)C(Cc1ccccc1)NC(=O)[C@@H](NC(=O)CNCc1ccccc1F)C(C)(C)C)S(C)(=O)=O. The van der Waals surface area contributed by atoms with Crippen molar-refractivity contribution in [3.05, 3.63) is 71.5 Å². The van der Waals surface area contributed by atoms with E-state index in [0.29, 0.717) is 5.56 Å². The Morgan fingerprint density at radius 3 is 2.15 bits per heavy atom. The maximum Gasteiger partial charge on any atom is 0.243 e. The van der Waals surface area contributed by atoms with E-state index < -0.39 is 45.4 Å². The number of aliphatic hydroxyl groups is 1. The summed E-state index contributed by atoms with van der Waals surface area (Å²) in [5.74, 6) is -1.30. The quantitative estimate of drug-likeness (QED) is 0.252. The van der Waals surface area contributed by atoms with E-state index in [2.05, 4.69) is 16.0 Å². The Morgan fingerprint density at radius 1 is 0.976 bits per heavy atom. The number of hydrogen-bond acceptors (Lipinski definition) is 6. The molecule has 0 aromatic heterocycles. The van der Waals surface area contributed by atoms with E-state index in [1.165, 1.54) is 10.4 Å². The number of amides is 2. The topological polar surface area (TPSA) is 128 Å². The van der Waals surface area contributed by atoms with Crippen LogP contribution in [0.3, 0.4) is 0 Å². The molecule has 0 heterocycles. The van der Waals surface area contributed by atoms with Gasteiger partial charge in [-0.05, 0) is 29.4 Å². The molecule has 0 aliphatic rings. The zero-order valence-electron chi connectivity index (χ0n) is 24.9. The molecule has 2 aromatic carbocycles. The first-order valence-electron chi connectivity index (χ1n) is 13.8. The summed E-state index contributed by atoms with van der Waals surface area (Å²) in [6.07, 6.45) is 0.131. The highest BCUT2D eigenvalue weighted by Crippen LogP contribution is 2.20. The molecule has 228 valence electrons. The van der Waals surface area contributed by atoms with Gasteiger partial charge < -0.3 is 21.1 Å². The Hall–Kier alpha value is -2.86. The van der Waals surface area contributed by atoms with Crippen LogP contribution in [0.4, 0.5) is 4.39 Å². The van der Waals surface area contributed by atoms with Gasteiger partial charge in [0.15, 0.2) is 0 Å². The Balaban J connectivity index is 2.18. The van der Waals surface area contributed by atoms with Crippen molar-refractivity contribution in [2.75, 3.05) is 25.9 Å². The number of rotatable bonds is 15. The van der Waals surface area contributed by atoms with E-state index in [1.807, 2.05) is 44.2 Å². The number of sulfonamides is 1. The molecule has 9 nitrogen and oxygen atoms in total. The Morgan fingerprint density at radius 2 is 1.59 bits per heavy atom. The summed E-state index contributed by atoms with van der Waals surface area (Å²) < 4.78 is 39.9. The maximum atomic E-state index is 13.9. The number of carbonyl (C=O) groups excluding carboxylic acids is 2. The van der Waals surface area contributed by atoms with Gasteiger partial charge in [0.1, 0.15) is 11.9 Å². The van der Waals surface area contributed by atoms with Crippen molar-refractivity contribution >= 4 is 21.8 Å². The van der Waals surface area contributed by atoms with Gasteiger partial charge in [-0.2, -0.15) is 4.31 Å². The minimum atomic E-state index is -3.60. The molecule has 11 heteroatoms. The molecule has 0 bridgehead atoms. The van der Waals surface area contributed by atoms with Crippen molar-refractivity contribution in [3.63, 3.8) is 0 Å². The number of aliphatic hydroxyl groups excluding tert-OH is 1. The molecule has 0 fully saturated rings. The van der Waals surface area contributed by atoms with Crippen LogP contribution in [-0.2, 0) is 32.6 Å². The zero-order chi connectivity index (χ0) is 30.8. The second-order valence-corrected chi connectivity index (χ2v) is 13.9. The third-order valence-corrected chi connectivity index (χ3v) is 7.75. The fourth-order valence-corrected chi connectivity index (χ4v) is 5.34. The second kappa shape index (κ2) is 15.4. The average molecular weight is 593 g/mol. The third kappa shape index (κ3) is 11.9. The van der Waals surface area contributed by atoms with E-state index in [4.69, 9.17) is 0 Å². The van der Waals surface area contributed by atoms with Crippen molar-refractivity contribution in [1.29, 1.82) is 0 Å². The molecule has 2 rings (SSSR count). The molecular formula is C30H45FN4O5S. The second-order valence-electron chi connectivity index (χ2n) is 11.9. The Bertz CT molecular complexity index is 1230. The Labute approximate surface area is 244 Å². The molecule has 4 N–H and O–H groups in total. The summed E-state index contributed by atoms with van der Waals surface area (Å²) >= 11 is 0. The van der Waals surface area contributed by atoms with Gasteiger partial charge in [0.2, 0.25) is 21.8 Å². The van der Waals surface area contributed by atoms with Gasteiger partial charge in [0.05, 0.1) is 24.9 Å². The minimum absolute atomic E-state index is 0.0339. The summed E-state index contributed by atoms with van der Waals surface area (Å²) in [6.45, 7) is 9.23. The molecule has 0 aliphatic carbocycles. The van der Waals surface area contributed by atoms with Crippen LogP contribution in [0.15, 0.2) is 54.6 Å². The summed E-state index contributed by atoms with van der Waals surface area (Å²) in [7, 11) is -3.60. The standard InChI is InChI=1S/C30H45FN4O5S/c1-21(2)19-35(41(6,39)40)20-26(36)25(16-22-12-8-7-9-13-22)33-29(38)28(30(3,4)5)34-27(37)18-32-17-23-14-10-11-15-24(23)31/h7-15,21,25-26,28,32,36H,16-20H2,1-6H3,(H,33,38)(H,34,37)/t25?,26?,28-/m1/s1. The predicted molar refractivity (Wildman–Crippen MR) is 159 cm³/mol. The number of halogens is 1. The molecule has 0 saturated heterocycles. The van der Waals surface area contributed by atoms with E-state index in [0.717, 1.165) is 11.8 Å². The lowest BCUT2D eigenvalue weighted by molar-refractivity contribution is -0.132. The molecule has 0 aliphatic heterocycles. The average Bonchev–Trinajstić information content (AvgIpc) is 2.86. The van der Waals surface area contributed by atoms with Gasteiger partial charge in [-0.1, -0.05) is 83.1 Å². The Kier molecular flexibility index (Phi) is 12.9. The van der Waals surface area contributed by atoms with Crippen molar-refractivity contribution in [2.45, 2.75) is 65.8 Å². The van der Waals surface area contributed by atoms with Gasteiger partial charge in [0, 0.05) is 25.2 Å². The van der Waals surface area contributed by atoms with Gasteiger partial charge in [-0.15, -0.1) is 0 Å². The maximum absolute atomic E-state index is 13.9. The fraction of sp³-hybridized carbons (Fsp3) is 0.533. The predicted octanol–water partition coefficient (Wildman–Crippen LogP) is 2.45. The fourth-order valence-electron chi connectivity index (χ4n) is 4.35. The highest BCUT2D eigenvalue weighted by atomic mass is 32.2. The van der Waals surface area contributed by atoms with Crippen LogP contribution >= 0.6 is 0 Å². The lowest BCUT2D eigenvalue weighted by Gasteiger charge is -2.34. The molecule has 2 amide bonds. The molecule has 3 atom stereocenters. The van der Waals surface area contributed by atoms with Crippen LogP contribution in [-0.4, -0.2) is 73.7 Å². The molecule has 0 spiro atoms. The molecular weight excluding hydrogens is 547 g/mol. The largest absolute Gasteiger partial charge is 0.390 e. The van der Waals surface area contributed by atoms with Crippen LogP contribution in [0.2, 0.25) is 0 Å². The lowest BCUT2D eigenvalue weighted by Crippen LogP contribution is -2.59. The third-order valence-electron chi connectivity index (χ3n) is 6.51. The monoisotopic (exact) mass is 592 g/mol. The summed E-state index contributed by atoms with van der Waals surface area (Å²) in [5.41, 5.74) is 0.577. The number of nitrogens with one attached hydrogen (secondary N) is 3. The minimum Gasteiger partial charge on any atom is -0.390 e. The summed E-state index contributed by atoms with van der Waals surface area (Å²) in [4.78, 5) is 26.4. The van der Waals surface area contributed by atoms with Gasteiger partial charge in [0.25, 0.3) is 0 Å². The zero-order valence-corrected chi connectivity index (χ0v) is 25.7. The van der Waals surface area contributed by atoms with E-state index >= 15 is 0 Å².